The van der Waals surface area contributed by atoms with Crippen molar-refractivity contribution < 1.29 is 43.2 Å². The smallest absolute Gasteiger partial charge is 0.338 e. The van der Waals surface area contributed by atoms with E-state index in [1.165, 1.54) is 0 Å². The van der Waals surface area contributed by atoms with E-state index in [9.17, 15) is 19.5 Å². The Kier molecular flexibility index (Phi) is 16.7. The average molecular weight is 509 g/mol. The predicted octanol–water partition coefficient (Wildman–Crippen LogP) is 3.87. The van der Waals surface area contributed by atoms with Gasteiger partial charge in [0, 0.05) is 12.7 Å². The molecule has 0 saturated carbocycles. The lowest BCUT2D eigenvalue weighted by atomic mass is 10.1. The van der Waals surface area contributed by atoms with E-state index >= 15 is 0 Å². The molecule has 9 heteroatoms. The van der Waals surface area contributed by atoms with Crippen molar-refractivity contribution in [1.29, 1.82) is 0 Å². The molecule has 0 spiro atoms. The molecule has 0 aromatic heterocycles. The van der Waals surface area contributed by atoms with Gasteiger partial charge in [-0.1, -0.05) is 26.8 Å². The summed E-state index contributed by atoms with van der Waals surface area (Å²) in [6, 6.07) is 6.54. The molecular weight excluding hydrogens is 468 g/mol. The molecule has 2 atom stereocenters. The van der Waals surface area contributed by atoms with E-state index in [1.54, 1.807) is 24.3 Å². The van der Waals surface area contributed by atoms with Crippen LogP contribution in [-0.4, -0.2) is 68.8 Å². The Bertz CT molecular complexity index is 776. The zero-order valence-corrected chi connectivity index (χ0v) is 21.4. The summed E-state index contributed by atoms with van der Waals surface area (Å²) in [5.41, 5.74) is 0.345. The van der Waals surface area contributed by atoms with Crippen LogP contribution in [0.3, 0.4) is 0 Å². The minimum atomic E-state index is -0.940. The largest absolute Gasteiger partial charge is 0.494 e. The molecule has 0 radical (unpaired) electrons. The summed E-state index contributed by atoms with van der Waals surface area (Å²) in [5.74, 6) is -0.608. The molecule has 0 saturated heterocycles. The first kappa shape index (κ1) is 31.1. The molecule has 0 fully saturated rings. The Balaban J connectivity index is 2.13. The van der Waals surface area contributed by atoms with Crippen LogP contribution in [-0.2, 0) is 28.5 Å². The molecule has 1 N–H and O–H groups in total. The van der Waals surface area contributed by atoms with Gasteiger partial charge in [-0.05, 0) is 56.4 Å². The first-order valence-corrected chi connectivity index (χ1v) is 12.5. The van der Waals surface area contributed by atoms with Crippen molar-refractivity contribution in [2.75, 3.05) is 39.6 Å². The molecule has 36 heavy (non-hydrogen) atoms. The molecular formula is C27H40O9. The van der Waals surface area contributed by atoms with Gasteiger partial charge < -0.3 is 28.8 Å². The normalized spacial score (nSPS) is 12.3. The van der Waals surface area contributed by atoms with Crippen molar-refractivity contribution in [2.24, 2.45) is 5.92 Å². The van der Waals surface area contributed by atoms with Gasteiger partial charge in [0.1, 0.15) is 18.5 Å². The number of ether oxygens (including phenoxy) is 5. The predicted molar refractivity (Wildman–Crippen MR) is 134 cm³/mol. The van der Waals surface area contributed by atoms with Gasteiger partial charge in [-0.25, -0.2) is 9.59 Å². The van der Waals surface area contributed by atoms with Crippen molar-refractivity contribution >= 4 is 17.9 Å². The lowest BCUT2D eigenvalue weighted by Crippen LogP contribution is -2.24. The van der Waals surface area contributed by atoms with Crippen LogP contribution in [0.4, 0.5) is 0 Å². The zero-order chi connectivity index (χ0) is 26.6. The highest BCUT2D eigenvalue weighted by molar-refractivity contribution is 5.89. The number of rotatable bonds is 20. The van der Waals surface area contributed by atoms with E-state index in [1.807, 2.05) is 13.8 Å². The molecule has 0 bridgehead atoms. The van der Waals surface area contributed by atoms with E-state index in [0.717, 1.165) is 25.3 Å². The fourth-order valence-electron chi connectivity index (χ4n) is 3.01. The Labute approximate surface area is 213 Å². The highest BCUT2D eigenvalue weighted by atomic mass is 16.6. The highest BCUT2D eigenvalue weighted by Gasteiger charge is 2.13. The van der Waals surface area contributed by atoms with Crippen LogP contribution >= 0.6 is 0 Å². The quantitative estimate of drug-likeness (QED) is 0.121. The third-order valence-corrected chi connectivity index (χ3v) is 5.08. The number of carbonyl (C=O) groups excluding carboxylic acids is 3. The third kappa shape index (κ3) is 14.5. The number of unbranched alkanes of at least 4 members (excludes halogenated alkanes) is 2. The number of aliphatic hydroxyl groups excluding tert-OH is 1. The highest BCUT2D eigenvalue weighted by Crippen LogP contribution is 2.14. The van der Waals surface area contributed by atoms with Crippen LogP contribution in [0, 0.1) is 5.92 Å². The summed E-state index contributed by atoms with van der Waals surface area (Å²) in [4.78, 5) is 34.8. The maximum Gasteiger partial charge on any atom is 0.338 e. The summed E-state index contributed by atoms with van der Waals surface area (Å²) in [7, 11) is 0. The van der Waals surface area contributed by atoms with Crippen molar-refractivity contribution in [3.63, 3.8) is 0 Å². The molecule has 0 aliphatic rings. The summed E-state index contributed by atoms with van der Waals surface area (Å²) in [6.45, 7) is 8.60. The van der Waals surface area contributed by atoms with Gasteiger partial charge in [-0.2, -0.15) is 0 Å². The van der Waals surface area contributed by atoms with Gasteiger partial charge in [0.2, 0.25) is 0 Å². The molecule has 9 nitrogen and oxygen atoms in total. The second kappa shape index (κ2) is 19.3. The fraction of sp³-hybridized carbons (Fsp3) is 0.593. The van der Waals surface area contributed by atoms with Crippen LogP contribution in [0.15, 0.2) is 36.9 Å². The lowest BCUT2D eigenvalue weighted by Gasteiger charge is -2.12. The standard InChI is InChI=1S/C27H40O9/c1-4-10-21(3)26(30)35-18-9-8-16-33-24-13-11-22(12-14-24)27(31)36-20-23(28)19-32-15-6-7-17-34-25(29)5-2/h5,11-14,21,23,28H,2,4,6-10,15-20H2,1,3H3. The fourth-order valence-corrected chi connectivity index (χ4v) is 3.01. The number of esters is 3. The van der Waals surface area contributed by atoms with Gasteiger partial charge >= 0.3 is 17.9 Å². The van der Waals surface area contributed by atoms with E-state index in [-0.39, 0.29) is 31.7 Å². The van der Waals surface area contributed by atoms with Crippen molar-refractivity contribution in [2.45, 2.75) is 58.5 Å². The van der Waals surface area contributed by atoms with E-state index in [4.69, 9.17) is 23.7 Å². The summed E-state index contributed by atoms with van der Waals surface area (Å²) >= 11 is 0. The number of benzene rings is 1. The maximum atomic E-state index is 12.2. The van der Waals surface area contributed by atoms with E-state index in [2.05, 4.69) is 6.58 Å². The van der Waals surface area contributed by atoms with Crippen LogP contribution < -0.4 is 4.74 Å². The first-order valence-electron chi connectivity index (χ1n) is 12.5. The van der Waals surface area contributed by atoms with Gasteiger partial charge in [0.15, 0.2) is 0 Å². The third-order valence-electron chi connectivity index (χ3n) is 5.08. The van der Waals surface area contributed by atoms with Crippen LogP contribution in [0.1, 0.15) is 62.7 Å². The molecule has 1 aromatic carbocycles. The second-order valence-corrected chi connectivity index (χ2v) is 8.34. The number of aliphatic hydroxyl groups is 1. The van der Waals surface area contributed by atoms with Crippen LogP contribution in [0.5, 0.6) is 5.75 Å². The monoisotopic (exact) mass is 508 g/mol. The minimum Gasteiger partial charge on any atom is -0.494 e. The zero-order valence-electron chi connectivity index (χ0n) is 21.4. The van der Waals surface area contributed by atoms with Gasteiger partial charge in [0.25, 0.3) is 0 Å². The molecule has 0 aliphatic heterocycles. The number of carbonyl (C=O) groups is 3. The molecule has 1 aromatic rings. The average Bonchev–Trinajstić information content (AvgIpc) is 2.88. The minimum absolute atomic E-state index is 0.0312. The summed E-state index contributed by atoms with van der Waals surface area (Å²) in [6.07, 6.45) is 4.71. The second-order valence-electron chi connectivity index (χ2n) is 8.34. The molecule has 0 aliphatic carbocycles. The molecule has 2 unspecified atom stereocenters. The Hall–Kier alpha value is -2.91. The molecule has 1 rings (SSSR count). The first-order chi connectivity index (χ1) is 17.4. The van der Waals surface area contributed by atoms with Crippen molar-refractivity contribution in [3.05, 3.63) is 42.5 Å². The summed E-state index contributed by atoms with van der Waals surface area (Å²) < 4.78 is 26.2. The molecule has 0 heterocycles. The Morgan fingerprint density at radius 3 is 2.22 bits per heavy atom. The van der Waals surface area contributed by atoms with Gasteiger partial charge in [0.05, 0.1) is 37.9 Å². The SMILES string of the molecule is C=CC(=O)OCCCCOCC(O)COC(=O)c1ccc(OCCCCOC(=O)C(C)CCC)cc1. The van der Waals surface area contributed by atoms with Gasteiger partial charge in [-0.3, -0.25) is 4.79 Å². The van der Waals surface area contributed by atoms with Crippen LogP contribution in [0.2, 0.25) is 0 Å². The number of hydrogen-bond donors (Lipinski definition) is 1. The molecule has 0 amide bonds. The Morgan fingerprint density at radius 2 is 1.56 bits per heavy atom. The number of hydrogen-bond acceptors (Lipinski definition) is 9. The van der Waals surface area contributed by atoms with E-state index < -0.39 is 18.0 Å². The van der Waals surface area contributed by atoms with Gasteiger partial charge in [-0.15, -0.1) is 0 Å². The van der Waals surface area contributed by atoms with Crippen molar-refractivity contribution in [3.8, 4) is 5.75 Å². The lowest BCUT2D eigenvalue weighted by molar-refractivity contribution is -0.148. The van der Waals surface area contributed by atoms with E-state index in [0.29, 0.717) is 50.4 Å². The van der Waals surface area contributed by atoms with Crippen molar-refractivity contribution in [1.82, 2.24) is 0 Å². The Morgan fingerprint density at radius 1 is 0.917 bits per heavy atom. The maximum absolute atomic E-state index is 12.2. The topological polar surface area (TPSA) is 118 Å². The summed E-state index contributed by atoms with van der Waals surface area (Å²) in [5, 5.41) is 9.91. The van der Waals surface area contributed by atoms with Crippen LogP contribution in [0.25, 0.3) is 0 Å². The molecule has 202 valence electrons.